The molecule has 0 unspecified atom stereocenters. The molecule has 0 heterocycles. The average Bonchev–Trinajstić information content (AvgIpc) is 2.86. The van der Waals surface area contributed by atoms with Crippen molar-refractivity contribution >= 4 is 23.4 Å². The Morgan fingerprint density at radius 2 is 1.50 bits per heavy atom. The molecule has 2 rings (SSSR count). The first-order valence-electron chi connectivity index (χ1n) is 11.0. The molecule has 190 valence electrons. The van der Waals surface area contributed by atoms with E-state index in [1.165, 1.54) is 24.5 Å². The van der Waals surface area contributed by atoms with E-state index in [-0.39, 0.29) is 25.4 Å². The molecule has 0 aliphatic carbocycles. The van der Waals surface area contributed by atoms with Gasteiger partial charge in [-0.2, -0.15) is 0 Å². The van der Waals surface area contributed by atoms with Crippen molar-refractivity contribution in [3.8, 4) is 23.7 Å². The number of hydrogen-bond donors (Lipinski definition) is 6. The average molecular weight is 493 g/mol. The standard InChI is InChI=1S/C26H28N4O5.CH4/c1-3-16-27-17-23(32)28-22-14-10-20(11-15-22)7-5-4-6-19-8-12-21(13-9-19)25(33)29-24(18(2)31)26(34)30-35;/h8-15,18,24,27,31,35H,3,16-17H2,1-2H3,(H,28,32)(H,29,33)(H,30,34);1H4/t18-,24+;/m1./s1. The molecule has 0 aliphatic rings. The SMILES string of the molecule is C.CCCNCC(=O)Nc1ccc(C#CC#Cc2ccc(C(=O)N[C@H](C(=O)NO)[C@@H](C)O)cc2)cc1. The van der Waals surface area contributed by atoms with Crippen molar-refractivity contribution in [2.45, 2.75) is 39.8 Å². The predicted molar refractivity (Wildman–Crippen MR) is 138 cm³/mol. The van der Waals surface area contributed by atoms with Crippen molar-refractivity contribution in [3.05, 3.63) is 65.2 Å². The number of nitrogens with one attached hydrogen (secondary N) is 4. The minimum atomic E-state index is -1.30. The summed E-state index contributed by atoms with van der Waals surface area (Å²) in [6, 6.07) is 12.1. The molecule has 9 heteroatoms. The molecule has 2 atom stereocenters. The molecule has 3 amide bonds. The zero-order valence-electron chi connectivity index (χ0n) is 19.5. The summed E-state index contributed by atoms with van der Waals surface area (Å²) in [5, 5.41) is 26.5. The lowest BCUT2D eigenvalue weighted by Crippen LogP contribution is -2.51. The van der Waals surface area contributed by atoms with Gasteiger partial charge in [0.15, 0.2) is 0 Å². The van der Waals surface area contributed by atoms with Gasteiger partial charge in [0, 0.05) is 22.4 Å². The van der Waals surface area contributed by atoms with Crippen LogP contribution in [0.25, 0.3) is 0 Å². The maximum Gasteiger partial charge on any atom is 0.268 e. The first-order chi connectivity index (χ1) is 16.8. The van der Waals surface area contributed by atoms with Gasteiger partial charge in [-0.1, -0.05) is 26.2 Å². The molecule has 0 bridgehead atoms. The van der Waals surface area contributed by atoms with Gasteiger partial charge in [0.1, 0.15) is 6.04 Å². The molecule has 36 heavy (non-hydrogen) atoms. The second-order valence-electron chi connectivity index (χ2n) is 7.55. The van der Waals surface area contributed by atoms with E-state index in [2.05, 4.69) is 39.6 Å². The third-order valence-corrected chi connectivity index (χ3v) is 4.67. The molecular weight excluding hydrogens is 460 g/mol. The van der Waals surface area contributed by atoms with Crippen molar-refractivity contribution < 1.29 is 24.7 Å². The van der Waals surface area contributed by atoms with Gasteiger partial charge in [0.25, 0.3) is 11.8 Å². The molecule has 0 aliphatic heterocycles. The number of amides is 3. The normalized spacial score (nSPS) is 11.2. The molecular formula is C27H32N4O5. The molecule has 2 aromatic carbocycles. The highest BCUT2D eigenvalue weighted by Crippen LogP contribution is 2.08. The minimum absolute atomic E-state index is 0. The van der Waals surface area contributed by atoms with Gasteiger partial charge in [-0.3, -0.25) is 19.6 Å². The largest absolute Gasteiger partial charge is 0.391 e. The zero-order chi connectivity index (χ0) is 25.6. The number of rotatable bonds is 9. The van der Waals surface area contributed by atoms with Crippen molar-refractivity contribution in [3.63, 3.8) is 0 Å². The zero-order valence-corrected chi connectivity index (χ0v) is 19.5. The van der Waals surface area contributed by atoms with Crippen LogP contribution in [0.2, 0.25) is 0 Å². The van der Waals surface area contributed by atoms with Gasteiger partial charge in [-0.15, -0.1) is 0 Å². The van der Waals surface area contributed by atoms with Crippen LogP contribution in [0.1, 0.15) is 49.2 Å². The van der Waals surface area contributed by atoms with E-state index in [1.54, 1.807) is 36.4 Å². The summed E-state index contributed by atoms with van der Waals surface area (Å²) in [6.45, 7) is 4.41. The number of anilines is 1. The molecule has 9 nitrogen and oxygen atoms in total. The van der Waals surface area contributed by atoms with Gasteiger partial charge in [0.05, 0.1) is 12.6 Å². The van der Waals surface area contributed by atoms with Crippen LogP contribution in [-0.2, 0) is 9.59 Å². The first kappa shape index (κ1) is 29.9. The Morgan fingerprint density at radius 3 is 2.00 bits per heavy atom. The lowest BCUT2D eigenvalue weighted by Gasteiger charge is -2.19. The van der Waals surface area contributed by atoms with Crippen molar-refractivity contribution in [1.29, 1.82) is 0 Å². The summed E-state index contributed by atoms with van der Waals surface area (Å²) in [6.07, 6.45) is -0.234. The van der Waals surface area contributed by atoms with Crippen LogP contribution in [0, 0.1) is 23.7 Å². The van der Waals surface area contributed by atoms with Gasteiger partial charge < -0.3 is 21.1 Å². The van der Waals surface area contributed by atoms with Gasteiger partial charge in [0.2, 0.25) is 5.91 Å². The van der Waals surface area contributed by atoms with E-state index in [0.29, 0.717) is 11.3 Å². The Balaban J connectivity index is 0.00000648. The Bertz CT molecular complexity index is 1140. The maximum atomic E-state index is 12.3. The van der Waals surface area contributed by atoms with Crippen molar-refractivity contribution in [2.75, 3.05) is 18.4 Å². The predicted octanol–water partition coefficient (Wildman–Crippen LogP) is 1.65. The fraction of sp³-hybridized carbons (Fsp3) is 0.296. The number of hydrogen-bond acceptors (Lipinski definition) is 6. The van der Waals surface area contributed by atoms with Gasteiger partial charge in [-0.25, -0.2) is 5.48 Å². The molecule has 0 spiro atoms. The minimum Gasteiger partial charge on any atom is -0.391 e. The number of carbonyl (C=O) groups is 3. The number of hydroxylamine groups is 1. The van der Waals surface area contributed by atoms with Crippen LogP contribution < -0.4 is 21.4 Å². The molecule has 0 fully saturated rings. The van der Waals surface area contributed by atoms with E-state index < -0.39 is 24.0 Å². The topological polar surface area (TPSA) is 140 Å². The van der Waals surface area contributed by atoms with Gasteiger partial charge >= 0.3 is 0 Å². The summed E-state index contributed by atoms with van der Waals surface area (Å²) in [7, 11) is 0. The van der Waals surface area contributed by atoms with Crippen LogP contribution in [0.4, 0.5) is 5.69 Å². The van der Waals surface area contributed by atoms with E-state index in [4.69, 9.17) is 5.21 Å². The van der Waals surface area contributed by atoms with Gasteiger partial charge in [-0.05, 0) is 80.3 Å². The van der Waals surface area contributed by atoms with E-state index in [1.807, 2.05) is 6.92 Å². The monoisotopic (exact) mass is 492 g/mol. The van der Waals surface area contributed by atoms with Crippen LogP contribution in [0.15, 0.2) is 48.5 Å². The number of aliphatic hydroxyl groups excluding tert-OH is 1. The third-order valence-electron chi connectivity index (χ3n) is 4.67. The maximum absolute atomic E-state index is 12.3. The highest BCUT2D eigenvalue weighted by molar-refractivity contribution is 5.97. The lowest BCUT2D eigenvalue weighted by molar-refractivity contribution is -0.133. The summed E-state index contributed by atoms with van der Waals surface area (Å²) in [5.74, 6) is 9.67. The molecule has 0 aromatic heterocycles. The lowest BCUT2D eigenvalue weighted by atomic mass is 10.1. The molecule has 2 aromatic rings. The number of benzene rings is 2. The van der Waals surface area contributed by atoms with Crippen LogP contribution in [0.5, 0.6) is 0 Å². The molecule has 6 N–H and O–H groups in total. The Kier molecular flexibility index (Phi) is 13.0. The second kappa shape index (κ2) is 15.7. The highest BCUT2D eigenvalue weighted by Gasteiger charge is 2.25. The summed E-state index contributed by atoms with van der Waals surface area (Å²) in [5.41, 5.74) is 3.72. The van der Waals surface area contributed by atoms with E-state index in [0.717, 1.165) is 18.5 Å². The van der Waals surface area contributed by atoms with E-state index in [9.17, 15) is 19.5 Å². The van der Waals surface area contributed by atoms with E-state index >= 15 is 0 Å². The van der Waals surface area contributed by atoms with Crippen molar-refractivity contribution in [1.82, 2.24) is 16.1 Å². The Hall–Kier alpha value is -4.15. The molecule has 0 radical (unpaired) electrons. The Morgan fingerprint density at radius 1 is 0.944 bits per heavy atom. The fourth-order valence-corrected chi connectivity index (χ4v) is 2.83. The highest BCUT2D eigenvalue weighted by atomic mass is 16.5. The summed E-state index contributed by atoms with van der Waals surface area (Å²) >= 11 is 0. The van der Waals surface area contributed by atoms with Crippen molar-refractivity contribution in [2.24, 2.45) is 0 Å². The third kappa shape index (κ3) is 10.00. The number of aliphatic hydroxyl groups is 1. The van der Waals surface area contributed by atoms with Crippen LogP contribution >= 0.6 is 0 Å². The second-order valence-corrected chi connectivity index (χ2v) is 7.55. The van der Waals surface area contributed by atoms with Crippen LogP contribution in [0.3, 0.4) is 0 Å². The number of carbonyl (C=O) groups excluding carboxylic acids is 3. The fourth-order valence-electron chi connectivity index (χ4n) is 2.83. The smallest absolute Gasteiger partial charge is 0.268 e. The summed E-state index contributed by atoms with van der Waals surface area (Å²) < 4.78 is 0. The first-order valence-corrected chi connectivity index (χ1v) is 11.0. The molecule has 0 saturated heterocycles. The molecule has 0 saturated carbocycles. The quantitative estimate of drug-likeness (QED) is 0.136. The van der Waals surface area contributed by atoms with Crippen LogP contribution in [-0.4, -0.2) is 53.3 Å². The summed E-state index contributed by atoms with van der Waals surface area (Å²) in [4.78, 5) is 35.6. The Labute approximate surface area is 211 Å².